The number of fused-ring (bicyclic) bond motifs is 1. The van der Waals surface area contributed by atoms with Crippen molar-refractivity contribution in [2.24, 2.45) is 0 Å². The Bertz CT molecular complexity index is 1170. The van der Waals surface area contributed by atoms with Crippen LogP contribution in [0.2, 0.25) is 0 Å². The van der Waals surface area contributed by atoms with Gasteiger partial charge in [-0.3, -0.25) is 4.79 Å². The number of carbonyl (C=O) groups excluding carboxylic acids is 1. The lowest BCUT2D eigenvalue weighted by Gasteiger charge is -2.09. The van der Waals surface area contributed by atoms with Crippen molar-refractivity contribution in [1.29, 1.82) is 0 Å². The number of nitrogens with zero attached hydrogens (tertiary/aromatic N) is 3. The fourth-order valence-electron chi connectivity index (χ4n) is 3.13. The Morgan fingerprint density at radius 2 is 1.93 bits per heavy atom. The molecule has 0 fully saturated rings. The van der Waals surface area contributed by atoms with Gasteiger partial charge in [0.05, 0.1) is 0 Å². The molecule has 1 N–H and O–H groups in total. The third kappa shape index (κ3) is 4.30. The minimum atomic E-state index is -0.237. The maximum atomic E-state index is 12.3. The summed E-state index contributed by atoms with van der Waals surface area (Å²) in [6.45, 7) is 4.23. The van der Waals surface area contributed by atoms with E-state index in [0.29, 0.717) is 41.5 Å². The smallest absolute Gasteiger partial charge is 0.265 e. The zero-order valence-corrected chi connectivity index (χ0v) is 16.9. The number of aromatic nitrogens is 3. The molecule has 0 saturated heterocycles. The number of ether oxygens (including phenoxy) is 1. The third-order valence-corrected chi connectivity index (χ3v) is 4.62. The van der Waals surface area contributed by atoms with E-state index in [1.165, 1.54) is 0 Å². The second-order valence-electron chi connectivity index (χ2n) is 6.93. The van der Waals surface area contributed by atoms with Crippen LogP contribution in [0, 0.1) is 6.92 Å². The van der Waals surface area contributed by atoms with Crippen molar-refractivity contribution in [3.63, 3.8) is 0 Å². The predicted octanol–water partition coefficient (Wildman–Crippen LogP) is 3.85. The lowest BCUT2D eigenvalue weighted by Crippen LogP contribution is -2.28. The minimum Gasteiger partial charge on any atom is -0.467 e. The molecule has 0 spiro atoms. The fourth-order valence-corrected chi connectivity index (χ4v) is 3.13. The second kappa shape index (κ2) is 8.73. The van der Waals surface area contributed by atoms with Gasteiger partial charge >= 0.3 is 0 Å². The van der Waals surface area contributed by atoms with Crippen LogP contribution in [0.1, 0.15) is 23.9 Å². The molecule has 0 radical (unpaired) electrons. The normalized spacial score (nSPS) is 10.9. The van der Waals surface area contributed by atoms with Gasteiger partial charge in [0.1, 0.15) is 16.9 Å². The van der Waals surface area contributed by atoms with Crippen LogP contribution >= 0.6 is 0 Å². The van der Waals surface area contributed by atoms with E-state index in [9.17, 15) is 4.79 Å². The Labute approximate surface area is 174 Å². The molecule has 0 unspecified atom stereocenters. The molecule has 152 valence electrons. The topological polar surface area (TPSA) is 90.1 Å². The van der Waals surface area contributed by atoms with Crippen molar-refractivity contribution in [1.82, 2.24) is 20.4 Å². The van der Waals surface area contributed by atoms with Gasteiger partial charge in [0.15, 0.2) is 6.61 Å². The Hall–Kier alpha value is -3.74. The minimum absolute atomic E-state index is 0.166. The van der Waals surface area contributed by atoms with E-state index in [1.807, 2.05) is 68.4 Å². The van der Waals surface area contributed by atoms with E-state index in [2.05, 4.69) is 20.4 Å². The van der Waals surface area contributed by atoms with Gasteiger partial charge in [0.25, 0.3) is 11.6 Å². The fraction of sp³-hybridized carbons (Fsp3) is 0.217. The van der Waals surface area contributed by atoms with Gasteiger partial charge in [-0.05, 0) is 12.5 Å². The van der Waals surface area contributed by atoms with Crippen LogP contribution in [0.25, 0.3) is 22.4 Å². The summed E-state index contributed by atoms with van der Waals surface area (Å²) >= 11 is 0. The number of hydrogen-bond donors (Lipinski definition) is 1. The van der Waals surface area contributed by atoms with Crippen molar-refractivity contribution in [3.8, 4) is 17.1 Å². The van der Waals surface area contributed by atoms with Crippen molar-refractivity contribution in [2.45, 2.75) is 26.8 Å². The Morgan fingerprint density at radius 3 is 2.70 bits per heavy atom. The molecule has 0 saturated carbocycles. The summed E-state index contributed by atoms with van der Waals surface area (Å²) in [7, 11) is 0. The maximum absolute atomic E-state index is 12.3. The molecule has 30 heavy (non-hydrogen) atoms. The summed E-state index contributed by atoms with van der Waals surface area (Å²) in [5.74, 6) is 0.620. The predicted molar refractivity (Wildman–Crippen MR) is 113 cm³/mol. The zero-order valence-electron chi connectivity index (χ0n) is 16.9. The lowest BCUT2D eigenvalue weighted by atomic mass is 10.1. The highest BCUT2D eigenvalue weighted by Gasteiger charge is 2.20. The molecule has 7 heteroatoms. The molecule has 4 aromatic rings. The van der Waals surface area contributed by atoms with Crippen LogP contribution in [-0.4, -0.2) is 27.6 Å². The van der Waals surface area contributed by atoms with E-state index in [0.717, 1.165) is 16.7 Å². The van der Waals surface area contributed by atoms with Gasteiger partial charge in [0.2, 0.25) is 5.88 Å². The molecule has 2 aromatic carbocycles. The highest BCUT2D eigenvalue weighted by Crippen LogP contribution is 2.33. The average Bonchev–Trinajstić information content (AvgIpc) is 3.21. The number of carbonyl (C=O) groups is 1. The van der Waals surface area contributed by atoms with E-state index < -0.39 is 0 Å². The number of nitrogens with one attached hydrogen (secondary N) is 1. The van der Waals surface area contributed by atoms with Crippen LogP contribution in [0.5, 0.6) is 5.88 Å². The molecule has 0 aliphatic heterocycles. The van der Waals surface area contributed by atoms with Gasteiger partial charge < -0.3 is 14.6 Å². The number of benzene rings is 2. The van der Waals surface area contributed by atoms with Crippen LogP contribution in [0.3, 0.4) is 0 Å². The second-order valence-corrected chi connectivity index (χ2v) is 6.93. The molecule has 2 heterocycles. The molecule has 0 aliphatic rings. The summed E-state index contributed by atoms with van der Waals surface area (Å²) in [5, 5.41) is 7.58. The van der Waals surface area contributed by atoms with Crippen LogP contribution in [0.15, 0.2) is 59.1 Å². The maximum Gasteiger partial charge on any atom is 0.265 e. The number of rotatable bonds is 7. The quantitative estimate of drug-likeness (QED) is 0.505. The Kier molecular flexibility index (Phi) is 5.70. The van der Waals surface area contributed by atoms with Crippen molar-refractivity contribution in [2.75, 3.05) is 6.61 Å². The van der Waals surface area contributed by atoms with Gasteiger partial charge in [-0.2, -0.15) is 9.97 Å². The standard InChI is InChI=1S/C23H22N4O3/c1-3-18-25-22(29-14-19(28)24-13-16-9-7-8-15(2)12-16)20-21(27-30-23(20)26-18)17-10-5-4-6-11-17/h4-12H,3,13-14H2,1-2H3,(H,24,28). The van der Waals surface area contributed by atoms with Crippen LogP contribution in [0.4, 0.5) is 0 Å². The summed E-state index contributed by atoms with van der Waals surface area (Å²) in [5.41, 5.74) is 3.97. The SMILES string of the molecule is CCc1nc(OCC(=O)NCc2cccc(C)c2)c2c(-c3ccccc3)noc2n1. The highest BCUT2D eigenvalue weighted by molar-refractivity contribution is 5.93. The van der Waals surface area contributed by atoms with Crippen molar-refractivity contribution < 1.29 is 14.1 Å². The molecule has 2 aromatic heterocycles. The summed E-state index contributed by atoms with van der Waals surface area (Å²) in [6.07, 6.45) is 0.604. The summed E-state index contributed by atoms with van der Waals surface area (Å²) in [4.78, 5) is 21.2. The summed E-state index contributed by atoms with van der Waals surface area (Å²) in [6, 6.07) is 17.6. The highest BCUT2D eigenvalue weighted by atomic mass is 16.5. The zero-order chi connectivity index (χ0) is 20.9. The first kappa shape index (κ1) is 19.6. The van der Waals surface area contributed by atoms with Crippen molar-refractivity contribution >= 4 is 17.0 Å². The molecular formula is C23H22N4O3. The first-order chi connectivity index (χ1) is 14.6. The number of amides is 1. The van der Waals surface area contributed by atoms with Crippen LogP contribution < -0.4 is 10.1 Å². The first-order valence-corrected chi connectivity index (χ1v) is 9.81. The molecule has 0 aliphatic carbocycles. The molecule has 7 nitrogen and oxygen atoms in total. The lowest BCUT2D eigenvalue weighted by molar-refractivity contribution is -0.123. The van der Waals surface area contributed by atoms with Gasteiger partial charge in [-0.15, -0.1) is 0 Å². The van der Waals surface area contributed by atoms with Gasteiger partial charge in [0, 0.05) is 18.5 Å². The van der Waals surface area contributed by atoms with E-state index in [4.69, 9.17) is 9.26 Å². The average molecular weight is 402 g/mol. The third-order valence-electron chi connectivity index (χ3n) is 4.62. The van der Waals surface area contributed by atoms with E-state index in [-0.39, 0.29) is 12.5 Å². The molecule has 0 bridgehead atoms. The van der Waals surface area contributed by atoms with Crippen molar-refractivity contribution in [3.05, 3.63) is 71.5 Å². The van der Waals surface area contributed by atoms with Gasteiger partial charge in [-0.25, -0.2) is 0 Å². The summed E-state index contributed by atoms with van der Waals surface area (Å²) < 4.78 is 11.2. The van der Waals surface area contributed by atoms with E-state index >= 15 is 0 Å². The Morgan fingerprint density at radius 1 is 1.10 bits per heavy atom. The molecule has 0 atom stereocenters. The number of aryl methyl sites for hydroxylation is 2. The molecule has 1 amide bonds. The van der Waals surface area contributed by atoms with Crippen LogP contribution in [-0.2, 0) is 17.8 Å². The monoisotopic (exact) mass is 402 g/mol. The van der Waals surface area contributed by atoms with Gasteiger partial charge in [-0.1, -0.05) is 72.2 Å². The molecular weight excluding hydrogens is 380 g/mol. The number of hydrogen-bond acceptors (Lipinski definition) is 6. The first-order valence-electron chi connectivity index (χ1n) is 9.81. The largest absolute Gasteiger partial charge is 0.467 e. The Balaban J connectivity index is 1.54. The van der Waals surface area contributed by atoms with E-state index in [1.54, 1.807) is 0 Å². The molecule has 4 rings (SSSR count).